The number of hydrogen-bond acceptors (Lipinski definition) is 5. The summed E-state index contributed by atoms with van der Waals surface area (Å²) in [5.74, 6) is -2.27. The number of hydrogen-bond donors (Lipinski definition) is 1. The molecule has 1 heterocycles. The molecule has 114 valence electrons. The minimum atomic E-state index is -1.03. The van der Waals surface area contributed by atoms with Crippen molar-refractivity contribution >= 4 is 17.5 Å². The molecule has 0 atom stereocenters. The van der Waals surface area contributed by atoms with Gasteiger partial charge in [0.25, 0.3) is 5.78 Å². The summed E-state index contributed by atoms with van der Waals surface area (Å²) in [6.07, 6.45) is 0.845. The Balaban J connectivity index is 2.45. The maximum atomic E-state index is 11.5. The van der Waals surface area contributed by atoms with Crippen LogP contribution in [0.4, 0.5) is 0 Å². The van der Waals surface area contributed by atoms with Gasteiger partial charge < -0.3 is 9.84 Å². The van der Waals surface area contributed by atoms with Gasteiger partial charge >= 0.3 is 5.97 Å². The van der Waals surface area contributed by atoms with Crippen molar-refractivity contribution in [1.82, 2.24) is 9.78 Å². The minimum absolute atomic E-state index is 0.312. The largest absolute Gasteiger partial charge is 0.507 e. The molecule has 0 saturated carbocycles. The van der Waals surface area contributed by atoms with Crippen molar-refractivity contribution in [2.45, 2.75) is 13.8 Å². The quantitative estimate of drug-likeness (QED) is 0.405. The first-order valence-corrected chi connectivity index (χ1v) is 6.60. The van der Waals surface area contributed by atoms with Crippen LogP contribution >= 0.6 is 0 Å². The molecule has 2 rings (SSSR count). The van der Waals surface area contributed by atoms with Gasteiger partial charge in [-0.1, -0.05) is 18.2 Å². The Morgan fingerprint density at radius 1 is 1.23 bits per heavy atom. The van der Waals surface area contributed by atoms with Crippen molar-refractivity contribution < 1.29 is 19.4 Å². The Hall–Kier alpha value is -2.89. The fraction of sp³-hybridized carbons (Fsp3) is 0.188. The number of benzene rings is 1. The number of aliphatic hydroxyl groups is 1. The highest BCUT2D eigenvalue weighted by molar-refractivity contribution is 6.39. The molecule has 22 heavy (non-hydrogen) atoms. The smallest absolute Gasteiger partial charge is 0.378 e. The highest BCUT2D eigenvalue weighted by atomic mass is 16.5. The molecule has 0 saturated heterocycles. The fourth-order valence-corrected chi connectivity index (χ4v) is 2.19. The van der Waals surface area contributed by atoms with Crippen LogP contribution < -0.4 is 0 Å². The molecule has 0 aliphatic rings. The number of rotatable bonds is 4. The first-order chi connectivity index (χ1) is 10.5. The predicted molar refractivity (Wildman–Crippen MR) is 80.7 cm³/mol. The Bertz CT molecular complexity index is 745. The lowest BCUT2D eigenvalue weighted by atomic mass is 10.1. The maximum Gasteiger partial charge on any atom is 0.378 e. The Morgan fingerprint density at radius 2 is 1.86 bits per heavy atom. The Morgan fingerprint density at radius 3 is 2.45 bits per heavy atom. The van der Waals surface area contributed by atoms with Gasteiger partial charge in [-0.05, 0) is 26.0 Å². The number of ketones is 1. The molecule has 6 heteroatoms. The summed E-state index contributed by atoms with van der Waals surface area (Å²) in [6, 6.07) is 9.40. The third kappa shape index (κ3) is 2.90. The van der Waals surface area contributed by atoms with E-state index < -0.39 is 11.8 Å². The predicted octanol–water partition coefficient (Wildman–Crippen LogP) is 2.13. The summed E-state index contributed by atoms with van der Waals surface area (Å²) >= 11 is 0. The molecule has 0 unspecified atom stereocenters. The Labute approximate surface area is 127 Å². The molecule has 0 radical (unpaired) electrons. The van der Waals surface area contributed by atoms with Crippen molar-refractivity contribution in [1.29, 1.82) is 0 Å². The van der Waals surface area contributed by atoms with Gasteiger partial charge in [0.05, 0.1) is 29.7 Å². The number of esters is 1. The molecular formula is C16H16N2O4. The molecule has 0 spiro atoms. The van der Waals surface area contributed by atoms with Crippen LogP contribution in [0.5, 0.6) is 0 Å². The Kier molecular flexibility index (Phi) is 4.41. The van der Waals surface area contributed by atoms with E-state index in [0.717, 1.165) is 18.9 Å². The van der Waals surface area contributed by atoms with E-state index in [-0.39, 0.29) is 5.76 Å². The highest BCUT2D eigenvalue weighted by Crippen LogP contribution is 2.23. The van der Waals surface area contributed by atoms with E-state index in [1.165, 1.54) is 0 Å². The van der Waals surface area contributed by atoms with Gasteiger partial charge in [-0.25, -0.2) is 9.48 Å². The average Bonchev–Trinajstić information content (AvgIpc) is 2.82. The number of aromatic nitrogens is 2. The third-order valence-corrected chi connectivity index (χ3v) is 3.20. The monoisotopic (exact) mass is 300 g/mol. The van der Waals surface area contributed by atoms with Gasteiger partial charge in [-0.3, -0.25) is 4.79 Å². The molecular weight excluding hydrogens is 284 g/mol. The summed E-state index contributed by atoms with van der Waals surface area (Å²) in [5.41, 5.74) is 2.46. The molecule has 1 N–H and O–H groups in total. The third-order valence-electron chi connectivity index (χ3n) is 3.20. The van der Waals surface area contributed by atoms with E-state index in [0.29, 0.717) is 17.0 Å². The number of methoxy groups -OCH3 is 1. The van der Waals surface area contributed by atoms with E-state index in [1.54, 1.807) is 18.5 Å². The van der Waals surface area contributed by atoms with Crippen LogP contribution in [0.1, 0.15) is 17.0 Å². The van der Waals surface area contributed by atoms with Crippen LogP contribution in [0, 0.1) is 13.8 Å². The molecule has 0 fully saturated rings. The van der Waals surface area contributed by atoms with E-state index >= 15 is 0 Å². The highest BCUT2D eigenvalue weighted by Gasteiger charge is 2.19. The first kappa shape index (κ1) is 15.5. The second kappa shape index (κ2) is 6.26. The number of para-hydroxylation sites is 1. The van der Waals surface area contributed by atoms with Crippen LogP contribution in [0.2, 0.25) is 0 Å². The summed E-state index contributed by atoms with van der Waals surface area (Å²) in [5, 5.41) is 14.5. The van der Waals surface area contributed by atoms with Gasteiger partial charge in [-0.15, -0.1) is 0 Å². The van der Waals surface area contributed by atoms with E-state index in [1.807, 2.05) is 30.3 Å². The summed E-state index contributed by atoms with van der Waals surface area (Å²) in [7, 11) is 1.11. The zero-order chi connectivity index (χ0) is 16.3. The second-order valence-electron chi connectivity index (χ2n) is 4.68. The summed E-state index contributed by atoms with van der Waals surface area (Å²) in [6.45, 7) is 3.49. The lowest BCUT2D eigenvalue weighted by Crippen LogP contribution is -2.13. The second-order valence-corrected chi connectivity index (χ2v) is 4.68. The van der Waals surface area contributed by atoms with Crippen molar-refractivity contribution in [2.24, 2.45) is 0 Å². The van der Waals surface area contributed by atoms with Crippen LogP contribution in [0.25, 0.3) is 11.4 Å². The molecule has 6 nitrogen and oxygen atoms in total. The van der Waals surface area contributed by atoms with Crippen molar-refractivity contribution in [3.8, 4) is 5.69 Å². The number of carbonyl (C=O) groups is 2. The van der Waals surface area contributed by atoms with Gasteiger partial charge in [0.1, 0.15) is 5.76 Å². The van der Waals surface area contributed by atoms with Crippen LogP contribution in [0.15, 0.2) is 36.4 Å². The number of nitrogens with zero attached hydrogens (tertiary/aromatic N) is 2. The fourth-order valence-electron chi connectivity index (χ4n) is 2.19. The molecule has 0 aliphatic heterocycles. The van der Waals surface area contributed by atoms with Crippen molar-refractivity contribution in [3.05, 3.63) is 53.4 Å². The topological polar surface area (TPSA) is 81.4 Å². The van der Waals surface area contributed by atoms with Crippen molar-refractivity contribution in [3.63, 3.8) is 0 Å². The average molecular weight is 300 g/mol. The lowest BCUT2D eigenvalue weighted by Gasteiger charge is -2.05. The van der Waals surface area contributed by atoms with Gasteiger partial charge in [-0.2, -0.15) is 5.10 Å². The minimum Gasteiger partial charge on any atom is -0.507 e. The molecule has 1 aromatic carbocycles. The summed E-state index contributed by atoms with van der Waals surface area (Å²) < 4.78 is 5.98. The zero-order valence-corrected chi connectivity index (χ0v) is 12.5. The summed E-state index contributed by atoms with van der Waals surface area (Å²) in [4.78, 5) is 22.6. The van der Waals surface area contributed by atoms with Crippen LogP contribution in [-0.2, 0) is 14.3 Å². The van der Waals surface area contributed by atoms with Gasteiger partial charge in [0.15, 0.2) is 0 Å². The molecule has 1 aromatic heterocycles. The van der Waals surface area contributed by atoms with Crippen molar-refractivity contribution in [2.75, 3.05) is 7.11 Å². The number of aryl methyl sites for hydroxylation is 1. The maximum absolute atomic E-state index is 11.5. The standard InChI is InChI=1S/C16H16N2O4/c1-10-15(13(19)9-14(20)16(21)22-3)11(2)18(17-10)12-7-5-4-6-8-12/h4-9,19H,1-3H3. The number of ether oxygens (including phenoxy) is 1. The normalized spacial score (nSPS) is 11.3. The molecule has 0 bridgehead atoms. The van der Waals surface area contributed by atoms with E-state index in [4.69, 9.17) is 0 Å². The van der Waals surface area contributed by atoms with E-state index in [9.17, 15) is 14.7 Å². The van der Waals surface area contributed by atoms with E-state index in [2.05, 4.69) is 9.84 Å². The van der Waals surface area contributed by atoms with Crippen LogP contribution in [0.3, 0.4) is 0 Å². The van der Waals surface area contributed by atoms with Gasteiger partial charge in [0, 0.05) is 6.08 Å². The number of aliphatic hydroxyl groups excluding tert-OH is 1. The van der Waals surface area contributed by atoms with Gasteiger partial charge in [0.2, 0.25) is 0 Å². The first-order valence-electron chi connectivity index (χ1n) is 6.60. The zero-order valence-electron chi connectivity index (χ0n) is 12.5. The molecule has 0 aliphatic carbocycles. The molecule has 0 amide bonds. The SMILES string of the molecule is COC(=O)C(=O)C=C(O)c1c(C)nn(-c2ccccc2)c1C. The lowest BCUT2D eigenvalue weighted by molar-refractivity contribution is -0.149. The number of carbonyl (C=O) groups excluding carboxylic acids is 2. The van der Waals surface area contributed by atoms with Crippen LogP contribution in [-0.4, -0.2) is 33.7 Å². The molecule has 2 aromatic rings.